The number of ether oxygens (including phenoxy) is 2. The van der Waals surface area contributed by atoms with Crippen LogP contribution in [-0.4, -0.2) is 62.9 Å². The van der Waals surface area contributed by atoms with E-state index in [4.69, 9.17) is 32.7 Å². The Bertz CT molecular complexity index is 1070. The maximum absolute atomic E-state index is 13.1. The zero-order valence-corrected chi connectivity index (χ0v) is 18.3. The van der Waals surface area contributed by atoms with Crippen LogP contribution in [0, 0.1) is 0 Å². The average Bonchev–Trinajstić information content (AvgIpc) is 3.00. The van der Waals surface area contributed by atoms with Crippen molar-refractivity contribution in [1.29, 1.82) is 0 Å². The van der Waals surface area contributed by atoms with Crippen LogP contribution in [0.1, 0.15) is 16.8 Å². The van der Waals surface area contributed by atoms with Gasteiger partial charge in [-0.3, -0.25) is 4.79 Å². The Labute approximate surface area is 185 Å². The van der Waals surface area contributed by atoms with Gasteiger partial charge >= 0.3 is 0 Å². The molecule has 2 heterocycles. The predicted molar refractivity (Wildman–Crippen MR) is 113 cm³/mol. The summed E-state index contributed by atoms with van der Waals surface area (Å²) in [4.78, 5) is 14.5. The molecule has 1 saturated heterocycles. The van der Waals surface area contributed by atoms with Crippen molar-refractivity contribution in [2.24, 2.45) is 0 Å². The molecule has 10 heteroatoms. The Kier molecular flexibility index (Phi) is 6.11. The highest BCUT2D eigenvalue weighted by atomic mass is 35.5. The van der Waals surface area contributed by atoms with E-state index >= 15 is 0 Å². The zero-order valence-electron chi connectivity index (χ0n) is 16.0. The van der Waals surface area contributed by atoms with Crippen molar-refractivity contribution in [2.75, 3.05) is 39.4 Å². The normalized spacial score (nSPS) is 17.5. The van der Waals surface area contributed by atoms with Gasteiger partial charge in [0.2, 0.25) is 10.0 Å². The number of rotatable bonds is 3. The molecule has 2 aromatic carbocycles. The molecule has 7 nitrogen and oxygen atoms in total. The number of piperazine rings is 1. The third-order valence-electron chi connectivity index (χ3n) is 5.04. The molecule has 0 atom stereocenters. The van der Waals surface area contributed by atoms with Crippen molar-refractivity contribution in [2.45, 2.75) is 11.3 Å². The molecule has 0 N–H and O–H groups in total. The largest absolute Gasteiger partial charge is 0.490 e. The molecule has 0 aliphatic carbocycles. The molecule has 160 valence electrons. The van der Waals surface area contributed by atoms with E-state index in [1.807, 2.05) is 0 Å². The summed E-state index contributed by atoms with van der Waals surface area (Å²) < 4.78 is 38.7. The number of benzene rings is 2. The Morgan fingerprint density at radius 3 is 2.33 bits per heavy atom. The molecule has 1 fully saturated rings. The first kappa shape index (κ1) is 21.2. The number of halogens is 2. The molecule has 1 amide bonds. The highest BCUT2D eigenvalue weighted by Gasteiger charge is 2.31. The van der Waals surface area contributed by atoms with E-state index in [2.05, 4.69) is 0 Å². The SMILES string of the molecule is O=C(c1cc(Cl)ccc1Cl)N1CCN(S(=O)(=O)c2ccc3c(c2)OCCCO3)CC1. The molecule has 2 aliphatic rings. The van der Waals surface area contributed by atoms with Crippen molar-refractivity contribution < 1.29 is 22.7 Å². The number of fused-ring (bicyclic) bond motifs is 1. The molecule has 0 spiro atoms. The van der Waals surface area contributed by atoms with Gasteiger partial charge in [-0.1, -0.05) is 23.2 Å². The standard InChI is InChI=1S/C20H20Cl2N2O5S/c21-14-2-4-17(22)16(12-14)20(25)23-6-8-24(9-7-23)30(26,27)15-3-5-18-19(13-15)29-11-1-10-28-18/h2-5,12-13H,1,6-11H2. The minimum atomic E-state index is -3.72. The van der Waals surface area contributed by atoms with Crippen molar-refractivity contribution in [3.05, 3.63) is 52.0 Å². The smallest absolute Gasteiger partial charge is 0.255 e. The lowest BCUT2D eigenvalue weighted by molar-refractivity contribution is 0.0698. The van der Waals surface area contributed by atoms with E-state index in [1.165, 1.54) is 22.5 Å². The maximum Gasteiger partial charge on any atom is 0.255 e. The van der Waals surface area contributed by atoms with Crippen LogP contribution < -0.4 is 9.47 Å². The third-order valence-corrected chi connectivity index (χ3v) is 7.50. The summed E-state index contributed by atoms with van der Waals surface area (Å²) >= 11 is 12.1. The third kappa shape index (κ3) is 4.23. The number of carbonyl (C=O) groups excluding carboxylic acids is 1. The van der Waals surface area contributed by atoms with E-state index in [0.717, 1.165) is 6.42 Å². The van der Waals surface area contributed by atoms with Crippen molar-refractivity contribution in [3.63, 3.8) is 0 Å². The van der Waals surface area contributed by atoms with Gasteiger partial charge in [0.25, 0.3) is 5.91 Å². The fraction of sp³-hybridized carbons (Fsp3) is 0.350. The lowest BCUT2D eigenvalue weighted by Gasteiger charge is -2.34. The van der Waals surface area contributed by atoms with Crippen LogP contribution in [0.3, 0.4) is 0 Å². The second kappa shape index (κ2) is 8.63. The highest BCUT2D eigenvalue weighted by molar-refractivity contribution is 7.89. The number of nitrogens with zero attached hydrogens (tertiary/aromatic N) is 2. The Morgan fingerprint density at radius 2 is 1.60 bits per heavy atom. The van der Waals surface area contributed by atoms with Gasteiger partial charge in [0.1, 0.15) is 0 Å². The van der Waals surface area contributed by atoms with E-state index in [1.54, 1.807) is 23.1 Å². The monoisotopic (exact) mass is 470 g/mol. The molecule has 2 aliphatic heterocycles. The summed E-state index contributed by atoms with van der Waals surface area (Å²) in [6.45, 7) is 1.88. The van der Waals surface area contributed by atoms with Gasteiger partial charge in [0.05, 0.1) is 28.7 Å². The molecule has 0 unspecified atom stereocenters. The van der Waals surface area contributed by atoms with Gasteiger partial charge in [-0.2, -0.15) is 4.31 Å². The number of carbonyl (C=O) groups is 1. The van der Waals surface area contributed by atoms with Crippen LogP contribution in [0.4, 0.5) is 0 Å². The van der Waals surface area contributed by atoms with Gasteiger partial charge in [-0.05, 0) is 30.3 Å². The zero-order chi connectivity index (χ0) is 21.3. The van der Waals surface area contributed by atoms with Crippen LogP contribution >= 0.6 is 23.2 Å². The first-order valence-electron chi connectivity index (χ1n) is 9.50. The first-order chi connectivity index (χ1) is 14.4. The molecule has 0 aromatic heterocycles. The summed E-state index contributed by atoms with van der Waals surface area (Å²) in [5, 5.41) is 0.727. The summed E-state index contributed by atoms with van der Waals surface area (Å²) in [5.41, 5.74) is 0.309. The van der Waals surface area contributed by atoms with Gasteiger partial charge in [0.15, 0.2) is 11.5 Å². The Hall–Kier alpha value is -2.00. The molecule has 0 saturated carbocycles. The van der Waals surface area contributed by atoms with E-state index in [9.17, 15) is 13.2 Å². The van der Waals surface area contributed by atoms with Crippen LogP contribution in [-0.2, 0) is 10.0 Å². The van der Waals surface area contributed by atoms with Crippen LogP contribution in [0.2, 0.25) is 10.0 Å². The molecule has 0 radical (unpaired) electrons. The quantitative estimate of drug-likeness (QED) is 0.687. The molecule has 2 aromatic rings. The Morgan fingerprint density at radius 1 is 0.900 bits per heavy atom. The summed E-state index contributed by atoms with van der Waals surface area (Å²) in [6.07, 6.45) is 0.739. The predicted octanol–water partition coefficient (Wildman–Crippen LogP) is 3.30. The highest BCUT2D eigenvalue weighted by Crippen LogP contribution is 2.33. The summed E-state index contributed by atoms with van der Waals surface area (Å²) in [5.74, 6) is 0.702. The number of sulfonamides is 1. The van der Waals surface area contributed by atoms with Gasteiger partial charge in [-0.25, -0.2) is 8.42 Å². The van der Waals surface area contributed by atoms with Crippen molar-refractivity contribution in [1.82, 2.24) is 9.21 Å². The molecular weight excluding hydrogens is 451 g/mol. The number of amides is 1. The number of hydrogen-bond donors (Lipinski definition) is 0. The van der Waals surface area contributed by atoms with Gasteiger partial charge < -0.3 is 14.4 Å². The van der Waals surface area contributed by atoms with E-state index in [-0.39, 0.29) is 37.0 Å². The molecule has 0 bridgehead atoms. The lowest BCUT2D eigenvalue weighted by atomic mass is 10.2. The lowest BCUT2D eigenvalue weighted by Crippen LogP contribution is -2.50. The van der Waals surface area contributed by atoms with E-state index in [0.29, 0.717) is 40.3 Å². The minimum absolute atomic E-state index is 0.143. The fourth-order valence-corrected chi connectivity index (χ4v) is 5.23. The van der Waals surface area contributed by atoms with Crippen molar-refractivity contribution in [3.8, 4) is 11.5 Å². The minimum Gasteiger partial charge on any atom is -0.490 e. The van der Waals surface area contributed by atoms with Gasteiger partial charge in [0, 0.05) is 43.7 Å². The van der Waals surface area contributed by atoms with Crippen LogP contribution in [0.5, 0.6) is 11.5 Å². The maximum atomic E-state index is 13.1. The molecule has 30 heavy (non-hydrogen) atoms. The van der Waals surface area contributed by atoms with Crippen molar-refractivity contribution >= 4 is 39.1 Å². The van der Waals surface area contributed by atoms with Crippen LogP contribution in [0.25, 0.3) is 0 Å². The topological polar surface area (TPSA) is 76.2 Å². The summed E-state index contributed by atoms with van der Waals surface area (Å²) in [6, 6.07) is 9.34. The molecular formula is C20H20Cl2N2O5S. The first-order valence-corrected chi connectivity index (χ1v) is 11.7. The van der Waals surface area contributed by atoms with E-state index < -0.39 is 10.0 Å². The summed E-state index contributed by atoms with van der Waals surface area (Å²) in [7, 11) is -3.72. The number of hydrogen-bond acceptors (Lipinski definition) is 5. The average molecular weight is 471 g/mol. The second-order valence-electron chi connectivity index (χ2n) is 6.98. The molecule has 4 rings (SSSR count). The fourth-order valence-electron chi connectivity index (χ4n) is 3.42. The second-order valence-corrected chi connectivity index (χ2v) is 9.76. The van der Waals surface area contributed by atoms with Crippen LogP contribution in [0.15, 0.2) is 41.3 Å². The van der Waals surface area contributed by atoms with Gasteiger partial charge in [-0.15, -0.1) is 0 Å². The Balaban J connectivity index is 1.47.